The zero-order chi connectivity index (χ0) is 52.7. The van der Waals surface area contributed by atoms with Crippen molar-refractivity contribution in [1.82, 2.24) is 14.9 Å². The smallest absolute Gasteiger partial charge is 0.160 e. The van der Waals surface area contributed by atoms with Crippen molar-refractivity contribution < 1.29 is 34.4 Å². The number of nitrogens with zero attached hydrogens (tertiary/aromatic N) is 1. The lowest BCUT2D eigenvalue weighted by atomic mass is 9.30. The summed E-state index contributed by atoms with van der Waals surface area (Å²) in [5.41, 5.74) is 7.61. The number of aliphatic hydroxyl groups excluding tert-OH is 3. The minimum atomic E-state index is -0.781. The van der Waals surface area contributed by atoms with Crippen molar-refractivity contribution in [3.63, 3.8) is 0 Å². The Hall–Kier alpha value is -3.12. The molecule has 5 heterocycles. The molecule has 2 saturated heterocycles. The largest absolute Gasteiger partial charge is 0.396 e. The Balaban J connectivity index is 1.05. The Morgan fingerprint density at radius 2 is 1.56 bits per heavy atom. The number of nitrogens with one attached hydrogen (secondary N) is 2. The third-order valence-corrected chi connectivity index (χ3v) is 24.3. The first-order chi connectivity index (χ1) is 35.8. The van der Waals surface area contributed by atoms with Crippen molar-refractivity contribution in [3.8, 4) is 0 Å². The van der Waals surface area contributed by atoms with Gasteiger partial charge in [0.05, 0.1) is 28.8 Å². The molecule has 1 aromatic carbocycles. The summed E-state index contributed by atoms with van der Waals surface area (Å²) in [6.45, 7) is 19.0. The summed E-state index contributed by atoms with van der Waals surface area (Å²) in [7, 11) is 2.00. The summed E-state index contributed by atoms with van der Waals surface area (Å²) in [5.74, 6) is 1.09. The van der Waals surface area contributed by atoms with E-state index >= 15 is 4.79 Å². The average Bonchev–Trinajstić information content (AvgIpc) is 4.04. The Labute approximate surface area is 448 Å². The molecule has 10 heteroatoms. The number of hydrogen-bond acceptors (Lipinski definition) is 8. The number of epoxide rings is 1. The second kappa shape index (κ2) is 18.7. The monoisotopic (exact) mass is 1030 g/mol. The molecule has 0 amide bonds. The quantitative estimate of drug-likeness (QED) is 0.113. The predicted molar refractivity (Wildman–Crippen MR) is 295 cm³/mol. The molecule has 9 aliphatic rings. The van der Waals surface area contributed by atoms with E-state index in [0.29, 0.717) is 62.7 Å². The van der Waals surface area contributed by atoms with Gasteiger partial charge in [0.1, 0.15) is 11.9 Å². The van der Waals surface area contributed by atoms with E-state index in [1.54, 1.807) is 0 Å². The first-order valence-electron chi connectivity index (χ1n) is 30.3. The number of carbonyl (C=O) groups excluding carboxylic acids is 2. The molecule has 3 aromatic rings. The van der Waals surface area contributed by atoms with E-state index in [-0.39, 0.29) is 53.0 Å². The van der Waals surface area contributed by atoms with Crippen LogP contribution in [0.15, 0.2) is 41.7 Å². The van der Waals surface area contributed by atoms with Crippen molar-refractivity contribution in [2.24, 2.45) is 50.2 Å². The number of fused-ring (bicyclic) bond motifs is 5. The van der Waals surface area contributed by atoms with Crippen LogP contribution in [0, 0.1) is 50.2 Å². The van der Waals surface area contributed by atoms with Gasteiger partial charge in [-0.2, -0.15) is 0 Å². The van der Waals surface area contributed by atoms with E-state index in [1.807, 2.05) is 20.9 Å². The number of benzene rings is 1. The number of ether oxygens (including phenoxy) is 2. The summed E-state index contributed by atoms with van der Waals surface area (Å²) in [6.07, 6.45) is 21.2. The van der Waals surface area contributed by atoms with E-state index in [1.165, 1.54) is 59.9 Å². The molecule has 10 nitrogen and oxygen atoms in total. The van der Waals surface area contributed by atoms with Crippen LogP contribution in [0.3, 0.4) is 0 Å². The van der Waals surface area contributed by atoms with E-state index < -0.39 is 39.5 Å². The van der Waals surface area contributed by atoms with Crippen LogP contribution in [0.25, 0.3) is 11.0 Å². The highest BCUT2D eigenvalue weighted by atomic mass is 16.6. The topological polar surface area (TPSA) is 149 Å². The Morgan fingerprint density at radius 1 is 0.867 bits per heavy atom. The molecule has 2 aromatic heterocycles. The lowest BCUT2D eigenvalue weighted by Crippen LogP contribution is -2.72. The molecule has 12 rings (SSSR count). The number of rotatable bonds is 12. The van der Waals surface area contributed by atoms with Gasteiger partial charge >= 0.3 is 0 Å². The fourth-order valence-electron chi connectivity index (χ4n) is 20.2. The molecule has 75 heavy (non-hydrogen) atoms. The maximum Gasteiger partial charge on any atom is 0.160 e. The highest BCUT2D eigenvalue weighted by Gasteiger charge is 2.77. The highest BCUT2D eigenvalue weighted by molar-refractivity contribution is 6.02. The zero-order valence-corrected chi connectivity index (χ0v) is 47.2. The molecule has 12 atom stereocenters. The van der Waals surface area contributed by atoms with Crippen molar-refractivity contribution in [1.29, 1.82) is 0 Å². The molecule has 0 bridgehead atoms. The van der Waals surface area contributed by atoms with Gasteiger partial charge in [0.15, 0.2) is 5.78 Å². The molecule has 6 aliphatic carbocycles. The fourth-order valence-corrected chi connectivity index (χ4v) is 20.2. The maximum absolute atomic E-state index is 15.8. The minimum absolute atomic E-state index is 0.0584. The first kappa shape index (κ1) is 52.6. The van der Waals surface area contributed by atoms with Gasteiger partial charge < -0.3 is 39.7 Å². The SMILES string of the molecule is CNCC[C@]1(C)C(=O)CC2(CCCC2)[C@@]2(C)[C@H]3[C@H](O)[C@@H]4Cn5cc([C@H](CCO)c6cc(C7CCCCC7)cc(C7CCOCC7)c6)c6[nH]cc(c65)CC[C@@](C)(C[C@@H](O)[C@H]5OC5(C)C)C5=C4[C@](C)(CC5=O)[C@@]3(C)CC[C@H]21. The number of ketones is 2. The number of Topliss-reactive ketones (excluding diaryl/α,β-unsaturated/α-hetero) is 2. The van der Waals surface area contributed by atoms with E-state index in [9.17, 15) is 20.1 Å². The zero-order valence-electron chi connectivity index (χ0n) is 47.2. The third-order valence-electron chi connectivity index (χ3n) is 24.3. The van der Waals surface area contributed by atoms with Gasteiger partial charge in [-0.25, -0.2) is 0 Å². The average molecular weight is 1030 g/mol. The van der Waals surface area contributed by atoms with Crippen molar-refractivity contribution in [2.45, 2.75) is 225 Å². The molecule has 0 radical (unpaired) electrons. The van der Waals surface area contributed by atoms with Crippen LogP contribution in [0.4, 0.5) is 0 Å². The minimum Gasteiger partial charge on any atom is -0.396 e. The van der Waals surface area contributed by atoms with Crippen LogP contribution < -0.4 is 5.32 Å². The van der Waals surface area contributed by atoms with Crippen LogP contribution in [0.5, 0.6) is 0 Å². The predicted octanol–water partition coefficient (Wildman–Crippen LogP) is 11.8. The number of carbonyl (C=O) groups is 2. The second-order valence-corrected chi connectivity index (χ2v) is 28.4. The molecule has 1 spiro atoms. The Morgan fingerprint density at radius 3 is 2.23 bits per heavy atom. The second-order valence-electron chi connectivity index (χ2n) is 28.4. The first-order valence-corrected chi connectivity index (χ1v) is 30.3. The van der Waals surface area contributed by atoms with Crippen LogP contribution >= 0.6 is 0 Å². The number of aryl methyl sites for hydroxylation is 1. The summed E-state index contributed by atoms with van der Waals surface area (Å²) >= 11 is 0. The van der Waals surface area contributed by atoms with Gasteiger partial charge in [-0.1, -0.05) is 84.9 Å². The van der Waals surface area contributed by atoms with E-state index in [0.717, 1.165) is 99.7 Å². The van der Waals surface area contributed by atoms with Crippen molar-refractivity contribution >= 4 is 22.6 Å². The van der Waals surface area contributed by atoms with Crippen LogP contribution in [-0.4, -0.2) is 93.8 Å². The summed E-state index contributed by atoms with van der Waals surface area (Å²) in [4.78, 5) is 34.6. The Kier molecular flexibility index (Phi) is 13.1. The number of aromatic nitrogens is 2. The van der Waals surface area contributed by atoms with Gasteiger partial charge in [-0.3, -0.25) is 9.59 Å². The van der Waals surface area contributed by atoms with Gasteiger partial charge in [0, 0.05) is 85.4 Å². The van der Waals surface area contributed by atoms with E-state index in [2.05, 4.69) is 80.1 Å². The molecule has 0 unspecified atom stereocenters. The molecule has 5 N–H and O–H groups in total. The highest BCUT2D eigenvalue weighted by Crippen LogP contribution is 2.80. The third kappa shape index (κ3) is 7.86. The lowest BCUT2D eigenvalue weighted by Gasteiger charge is -2.74. The normalized spacial score (nSPS) is 38.4. The van der Waals surface area contributed by atoms with Gasteiger partial charge in [0.25, 0.3) is 0 Å². The number of aromatic amines is 1. The van der Waals surface area contributed by atoms with Crippen LogP contribution in [-0.2, 0) is 32.0 Å². The Bertz CT molecular complexity index is 2700. The fraction of sp³-hybridized carbons (Fsp3) is 0.754. The summed E-state index contributed by atoms with van der Waals surface area (Å²) < 4.78 is 14.5. The number of aliphatic hydroxyl groups is 3. The number of H-pyrrole nitrogens is 1. The molecule has 7 fully saturated rings. The van der Waals surface area contributed by atoms with Gasteiger partial charge in [-0.15, -0.1) is 0 Å². The van der Waals surface area contributed by atoms with E-state index in [4.69, 9.17) is 9.47 Å². The lowest BCUT2D eigenvalue weighted by molar-refractivity contribution is -0.261. The summed E-state index contributed by atoms with van der Waals surface area (Å²) in [6, 6.07) is 7.50. The van der Waals surface area contributed by atoms with Crippen molar-refractivity contribution in [3.05, 3.63) is 69.6 Å². The molecule has 3 aliphatic heterocycles. The molecular weight excluding hydrogens is 935 g/mol. The van der Waals surface area contributed by atoms with Gasteiger partial charge in [0.2, 0.25) is 0 Å². The molecular formula is C65H93N3O7. The number of hydrogen-bond donors (Lipinski definition) is 5. The standard InChI is InChI=1S/C65H93N3O7/c1-59(2)58(75-59)49(71)33-60(3)23-16-41-36-67-54-46(45(18-27-69)44-31-42(39-14-10-9-11-15-39)30-43(32-44)40-19-28-74-29-20-40)37-68(55(41)54)38-47-52-53(60)48(70)34-63(52,6)62(5)24-17-50-61(4,25-26-66-8)51(72)35-65(21-12-13-22-65)64(50,7)57(62)56(47)73/h30-32,36-37,39-40,45,47,49-50,56-58,66-67,69,71,73H,9-29,33-35,38H2,1-8H3/t45-,47-,49-,50+,56-,57+,58-,60+,61+,62+,63+,64-/m1/s1. The van der Waals surface area contributed by atoms with Gasteiger partial charge in [-0.05, 0) is 184 Å². The summed E-state index contributed by atoms with van der Waals surface area (Å²) in [5, 5.41) is 41.1. The molecule has 5 saturated carbocycles. The van der Waals surface area contributed by atoms with Crippen LogP contribution in [0.2, 0.25) is 0 Å². The molecule has 410 valence electrons. The number of allylic oxidation sites excluding steroid dienone is 1. The van der Waals surface area contributed by atoms with Crippen molar-refractivity contribution in [2.75, 3.05) is 33.4 Å². The maximum atomic E-state index is 15.8. The van der Waals surface area contributed by atoms with Crippen LogP contribution in [0.1, 0.15) is 216 Å².